The number of hydrogen-bond donors (Lipinski definition) is 3. The van der Waals surface area contributed by atoms with Crippen molar-refractivity contribution in [1.82, 2.24) is 14.6 Å². The highest BCUT2D eigenvalue weighted by atomic mass is 31.2. The third-order valence-electron chi connectivity index (χ3n) is 6.33. The molecule has 0 amide bonds. The van der Waals surface area contributed by atoms with Gasteiger partial charge in [-0.3, -0.25) is 18.9 Å². The lowest BCUT2D eigenvalue weighted by Crippen LogP contribution is -2.43. The Bertz CT molecular complexity index is 1430. The number of H-pyrrole nitrogens is 1. The van der Waals surface area contributed by atoms with Crippen molar-refractivity contribution < 1.29 is 32.6 Å². The van der Waals surface area contributed by atoms with Crippen LogP contribution < -0.4 is 20.9 Å². The summed E-state index contributed by atoms with van der Waals surface area (Å²) in [6.07, 6.45) is -3.57. The number of aliphatic hydroxyl groups excluding tert-OH is 1. The van der Waals surface area contributed by atoms with Gasteiger partial charge in [-0.05, 0) is 38.5 Å². The standard InChI is InChI=1S/C27H33FN3O8P/c1-18-9-11-20(12-10-18)16-36-15-19(2)30-40(35,39-21-7-5-4-6-8-21)37-17-22-24(33)27(3,28)25(38-22)31-14-13-23(32)29-26(31)34/h4-14,19,22,24-25,33H,15-17H2,1-3H3,(H,30,35)(H,29,32,34)/t19?,22-,24-,25-,27-,40?/m1/s1. The number of nitrogens with zero attached hydrogens (tertiary/aromatic N) is 1. The minimum Gasteiger partial charge on any atom is -0.413 e. The van der Waals surface area contributed by atoms with E-state index >= 15 is 4.39 Å². The highest BCUT2D eigenvalue weighted by Crippen LogP contribution is 2.47. The highest BCUT2D eigenvalue weighted by Gasteiger charge is 2.55. The number of alkyl halides is 1. The molecule has 13 heteroatoms. The summed E-state index contributed by atoms with van der Waals surface area (Å²) in [5.74, 6) is 0.256. The number of benzene rings is 2. The van der Waals surface area contributed by atoms with Crippen LogP contribution in [0.3, 0.4) is 0 Å². The van der Waals surface area contributed by atoms with E-state index < -0.39 is 55.7 Å². The number of hydrogen-bond acceptors (Lipinski definition) is 8. The van der Waals surface area contributed by atoms with Crippen molar-refractivity contribution in [2.45, 2.75) is 57.5 Å². The summed E-state index contributed by atoms with van der Waals surface area (Å²) in [5.41, 5.74) is -1.89. The number of aromatic amines is 1. The van der Waals surface area contributed by atoms with Gasteiger partial charge in [-0.1, -0.05) is 48.0 Å². The Morgan fingerprint density at radius 3 is 2.55 bits per heavy atom. The van der Waals surface area contributed by atoms with Crippen LogP contribution in [0, 0.1) is 6.92 Å². The van der Waals surface area contributed by atoms with Crippen LogP contribution in [0.1, 0.15) is 31.2 Å². The average molecular weight is 578 g/mol. The molecule has 2 heterocycles. The van der Waals surface area contributed by atoms with Crippen LogP contribution >= 0.6 is 7.75 Å². The predicted molar refractivity (Wildman–Crippen MR) is 145 cm³/mol. The molecule has 3 aromatic rings. The number of aryl methyl sites for hydroxylation is 1. The molecule has 6 atom stereocenters. The summed E-state index contributed by atoms with van der Waals surface area (Å²) in [4.78, 5) is 25.7. The number of aromatic nitrogens is 2. The van der Waals surface area contributed by atoms with Crippen LogP contribution in [-0.4, -0.2) is 51.8 Å². The molecule has 40 heavy (non-hydrogen) atoms. The largest absolute Gasteiger partial charge is 0.459 e. The summed E-state index contributed by atoms with van der Waals surface area (Å²) >= 11 is 0. The SMILES string of the molecule is Cc1ccc(COCC(C)NP(=O)(OC[C@H]2O[C@@H](n3ccc(=O)[nH]c3=O)[C@](C)(F)[C@@H]2O)Oc2ccccc2)cc1. The molecule has 0 bridgehead atoms. The Balaban J connectivity index is 1.44. The van der Waals surface area contributed by atoms with Crippen LogP contribution in [0.2, 0.25) is 0 Å². The topological polar surface area (TPSA) is 141 Å². The number of rotatable bonds is 12. The van der Waals surface area contributed by atoms with Crippen LogP contribution in [0.25, 0.3) is 0 Å². The Kier molecular flexibility index (Phi) is 9.40. The van der Waals surface area contributed by atoms with Crippen LogP contribution in [0.4, 0.5) is 4.39 Å². The van der Waals surface area contributed by atoms with Gasteiger partial charge in [0.05, 0.1) is 19.8 Å². The Morgan fingerprint density at radius 2 is 1.88 bits per heavy atom. The van der Waals surface area contributed by atoms with E-state index in [0.717, 1.165) is 34.9 Å². The lowest BCUT2D eigenvalue weighted by molar-refractivity contribution is -0.0594. The summed E-state index contributed by atoms with van der Waals surface area (Å²) < 4.78 is 52.9. The van der Waals surface area contributed by atoms with E-state index in [1.165, 1.54) is 0 Å². The number of para-hydroxylation sites is 1. The molecule has 11 nitrogen and oxygen atoms in total. The van der Waals surface area contributed by atoms with E-state index in [2.05, 4.69) is 5.09 Å². The van der Waals surface area contributed by atoms with Crippen molar-refractivity contribution in [2.24, 2.45) is 0 Å². The van der Waals surface area contributed by atoms with Gasteiger partial charge >= 0.3 is 13.4 Å². The molecule has 0 saturated carbocycles. The smallest absolute Gasteiger partial charge is 0.413 e. The number of nitrogens with one attached hydrogen (secondary N) is 2. The average Bonchev–Trinajstić information content (AvgIpc) is 3.12. The first kappa shape index (κ1) is 29.9. The maximum Gasteiger partial charge on any atom is 0.459 e. The predicted octanol–water partition coefficient (Wildman–Crippen LogP) is 3.23. The third-order valence-corrected chi connectivity index (χ3v) is 8.03. The Hall–Kier alpha value is -3.12. The van der Waals surface area contributed by atoms with Crippen molar-refractivity contribution in [2.75, 3.05) is 13.2 Å². The molecular formula is C27H33FN3O8P. The maximum atomic E-state index is 15.5. The first-order valence-corrected chi connectivity index (χ1v) is 14.3. The number of halogens is 1. The van der Waals surface area contributed by atoms with Crippen molar-refractivity contribution in [3.8, 4) is 5.75 Å². The van der Waals surface area contributed by atoms with Gasteiger partial charge in [0, 0.05) is 18.3 Å². The quantitative estimate of drug-likeness (QED) is 0.277. The van der Waals surface area contributed by atoms with Crippen molar-refractivity contribution in [1.29, 1.82) is 0 Å². The summed E-state index contributed by atoms with van der Waals surface area (Å²) in [6, 6.07) is 16.8. The molecule has 1 aliphatic heterocycles. The van der Waals surface area contributed by atoms with E-state index in [0.29, 0.717) is 6.61 Å². The van der Waals surface area contributed by atoms with Crippen molar-refractivity contribution >= 4 is 7.75 Å². The molecule has 1 aliphatic rings. The van der Waals surface area contributed by atoms with E-state index in [1.54, 1.807) is 37.3 Å². The molecule has 4 rings (SSSR count). The lowest BCUT2D eigenvalue weighted by atomic mass is 9.98. The maximum absolute atomic E-state index is 15.5. The van der Waals surface area contributed by atoms with Gasteiger partial charge in [-0.2, -0.15) is 0 Å². The van der Waals surface area contributed by atoms with Crippen molar-refractivity contribution in [3.05, 3.63) is 98.8 Å². The van der Waals surface area contributed by atoms with Crippen LogP contribution in [0.5, 0.6) is 5.75 Å². The van der Waals surface area contributed by atoms with Gasteiger partial charge in [0.25, 0.3) is 5.56 Å². The third kappa shape index (κ3) is 7.34. The zero-order valence-electron chi connectivity index (χ0n) is 22.4. The monoisotopic (exact) mass is 577 g/mol. The van der Waals surface area contributed by atoms with Gasteiger partial charge < -0.3 is 19.1 Å². The van der Waals surface area contributed by atoms with E-state index in [4.69, 9.17) is 18.5 Å². The van der Waals surface area contributed by atoms with Crippen LogP contribution in [-0.2, 0) is 25.2 Å². The fourth-order valence-corrected chi connectivity index (χ4v) is 5.73. The van der Waals surface area contributed by atoms with Gasteiger partial charge in [-0.15, -0.1) is 0 Å². The normalized spacial score (nSPS) is 24.9. The number of aliphatic hydroxyl groups is 1. The lowest BCUT2D eigenvalue weighted by Gasteiger charge is -2.25. The van der Waals surface area contributed by atoms with Gasteiger partial charge in [-0.25, -0.2) is 18.8 Å². The zero-order chi connectivity index (χ0) is 28.9. The van der Waals surface area contributed by atoms with Gasteiger partial charge in [0.15, 0.2) is 11.9 Å². The molecule has 0 spiro atoms. The van der Waals surface area contributed by atoms with E-state index in [1.807, 2.05) is 36.2 Å². The van der Waals surface area contributed by atoms with Gasteiger partial charge in [0.2, 0.25) is 0 Å². The molecule has 1 fully saturated rings. The Labute approximate surface area is 230 Å². The molecule has 0 radical (unpaired) electrons. The zero-order valence-corrected chi connectivity index (χ0v) is 23.3. The van der Waals surface area contributed by atoms with Gasteiger partial charge in [0.1, 0.15) is 18.0 Å². The molecule has 216 valence electrons. The fraction of sp³-hybridized carbons (Fsp3) is 0.407. The first-order valence-electron chi connectivity index (χ1n) is 12.7. The first-order chi connectivity index (χ1) is 19.0. The molecular weight excluding hydrogens is 544 g/mol. The number of ether oxygens (including phenoxy) is 2. The van der Waals surface area contributed by atoms with Crippen LogP contribution in [0.15, 0.2) is 76.4 Å². The molecule has 2 aromatic carbocycles. The fourth-order valence-electron chi connectivity index (χ4n) is 4.19. The molecule has 0 aliphatic carbocycles. The Morgan fingerprint density at radius 1 is 1.18 bits per heavy atom. The summed E-state index contributed by atoms with van der Waals surface area (Å²) in [5, 5.41) is 13.5. The second-order valence-corrected chi connectivity index (χ2v) is 11.6. The highest BCUT2D eigenvalue weighted by molar-refractivity contribution is 7.52. The molecule has 2 unspecified atom stereocenters. The minimum atomic E-state index is -4.10. The summed E-state index contributed by atoms with van der Waals surface area (Å²) in [7, 11) is -4.10. The second-order valence-electron chi connectivity index (χ2n) is 9.87. The van der Waals surface area contributed by atoms with E-state index in [-0.39, 0.29) is 12.4 Å². The molecule has 1 saturated heterocycles. The van der Waals surface area contributed by atoms with E-state index in [9.17, 15) is 19.3 Å². The molecule has 1 aromatic heterocycles. The second kappa shape index (κ2) is 12.6. The van der Waals surface area contributed by atoms with Crippen molar-refractivity contribution in [3.63, 3.8) is 0 Å². The molecule has 3 N–H and O–H groups in total. The minimum absolute atomic E-state index is 0.168. The summed E-state index contributed by atoms with van der Waals surface area (Å²) in [6.45, 7) is 4.77.